The first-order valence-corrected chi connectivity index (χ1v) is 9.67. The topological polar surface area (TPSA) is 66.8 Å². The largest absolute Gasteiger partial charge is 0.480 e. The Morgan fingerprint density at radius 2 is 2.12 bits per heavy atom. The van der Waals surface area contributed by atoms with Crippen molar-refractivity contribution in [2.75, 3.05) is 26.8 Å². The van der Waals surface area contributed by atoms with Gasteiger partial charge in [0.25, 0.3) is 5.91 Å². The number of carboxylic acid groups (broad SMARTS) is 1. The molecule has 1 fully saturated rings. The first-order chi connectivity index (χ1) is 12.0. The molecule has 1 aromatic carbocycles. The first kappa shape index (κ1) is 19.8. The van der Waals surface area contributed by atoms with Crippen LogP contribution in [-0.2, 0) is 9.53 Å². The van der Waals surface area contributed by atoms with Crippen LogP contribution in [0.15, 0.2) is 29.2 Å². The summed E-state index contributed by atoms with van der Waals surface area (Å²) in [5.74, 6) is -0.407. The number of ether oxygens (including phenoxy) is 1. The standard InChI is InChI=1S/C19H27NO4S/c1-14(19(22)23)25-17-9-4-3-8-16(17)18(21)20-11-6-5-7-15(13-20)10-12-24-2/h3-4,8-9,14-15H,5-7,10-13H2,1-2H3,(H,22,23). The molecule has 1 saturated heterocycles. The number of carboxylic acids is 1. The predicted molar refractivity (Wildman–Crippen MR) is 99.1 cm³/mol. The molecule has 1 aliphatic rings. The van der Waals surface area contributed by atoms with E-state index in [-0.39, 0.29) is 5.91 Å². The van der Waals surface area contributed by atoms with E-state index in [1.54, 1.807) is 20.1 Å². The van der Waals surface area contributed by atoms with Gasteiger partial charge in [-0.25, -0.2) is 0 Å². The Labute approximate surface area is 153 Å². The number of carbonyl (C=O) groups is 2. The van der Waals surface area contributed by atoms with Crippen molar-refractivity contribution < 1.29 is 19.4 Å². The number of likely N-dealkylation sites (tertiary alicyclic amines) is 1. The molecule has 2 atom stereocenters. The van der Waals surface area contributed by atoms with Gasteiger partial charge in [0.2, 0.25) is 0 Å². The molecule has 5 nitrogen and oxygen atoms in total. The minimum Gasteiger partial charge on any atom is -0.480 e. The third-order valence-electron chi connectivity index (χ3n) is 4.56. The molecule has 2 unspecified atom stereocenters. The third-order valence-corrected chi connectivity index (χ3v) is 5.72. The van der Waals surface area contributed by atoms with Crippen LogP contribution in [0.5, 0.6) is 0 Å². The molecule has 25 heavy (non-hydrogen) atoms. The molecular formula is C19H27NO4S. The Bertz CT molecular complexity index is 593. The second-order valence-electron chi connectivity index (χ2n) is 6.49. The first-order valence-electron chi connectivity index (χ1n) is 8.79. The Morgan fingerprint density at radius 1 is 1.36 bits per heavy atom. The van der Waals surface area contributed by atoms with Crippen LogP contribution in [0.1, 0.15) is 43.0 Å². The fraction of sp³-hybridized carbons (Fsp3) is 0.579. The minimum atomic E-state index is -0.873. The van der Waals surface area contributed by atoms with Crippen molar-refractivity contribution in [2.45, 2.75) is 42.8 Å². The molecule has 0 bridgehead atoms. The number of rotatable bonds is 7. The van der Waals surface area contributed by atoms with Crippen molar-refractivity contribution in [1.29, 1.82) is 0 Å². The Hall–Kier alpha value is -1.53. The van der Waals surface area contributed by atoms with Gasteiger partial charge in [-0.3, -0.25) is 9.59 Å². The van der Waals surface area contributed by atoms with E-state index in [0.29, 0.717) is 11.5 Å². The SMILES string of the molecule is COCCC1CCCCN(C(=O)c2ccccc2SC(C)C(=O)O)C1. The number of hydrogen-bond donors (Lipinski definition) is 1. The predicted octanol–water partition coefficient (Wildman–Crippen LogP) is 3.53. The third kappa shape index (κ3) is 5.75. The highest BCUT2D eigenvalue weighted by Gasteiger charge is 2.25. The lowest BCUT2D eigenvalue weighted by Crippen LogP contribution is -2.35. The van der Waals surface area contributed by atoms with E-state index < -0.39 is 11.2 Å². The Kier molecular flexibility index (Phi) is 7.78. The molecule has 2 rings (SSSR count). The van der Waals surface area contributed by atoms with Gasteiger partial charge in [0.1, 0.15) is 5.25 Å². The highest BCUT2D eigenvalue weighted by molar-refractivity contribution is 8.00. The van der Waals surface area contributed by atoms with Gasteiger partial charge in [-0.15, -0.1) is 11.8 Å². The molecule has 0 radical (unpaired) electrons. The summed E-state index contributed by atoms with van der Waals surface area (Å²) in [5.41, 5.74) is 0.605. The maximum Gasteiger partial charge on any atom is 0.316 e. The van der Waals surface area contributed by atoms with Crippen molar-refractivity contribution in [3.63, 3.8) is 0 Å². The van der Waals surface area contributed by atoms with Gasteiger partial charge in [-0.05, 0) is 44.2 Å². The number of aliphatic carboxylic acids is 1. The van der Waals surface area contributed by atoms with Crippen LogP contribution in [0.25, 0.3) is 0 Å². The second kappa shape index (κ2) is 9.82. The van der Waals surface area contributed by atoms with Crippen LogP contribution < -0.4 is 0 Å². The number of carbonyl (C=O) groups excluding carboxylic acids is 1. The minimum absolute atomic E-state index is 0.00463. The van der Waals surface area contributed by atoms with Crippen molar-refractivity contribution in [2.24, 2.45) is 5.92 Å². The summed E-state index contributed by atoms with van der Waals surface area (Å²) in [6.45, 7) is 3.86. The summed E-state index contributed by atoms with van der Waals surface area (Å²) in [4.78, 5) is 26.9. The zero-order valence-electron chi connectivity index (χ0n) is 14.9. The van der Waals surface area contributed by atoms with Crippen molar-refractivity contribution >= 4 is 23.6 Å². The quantitative estimate of drug-likeness (QED) is 0.749. The molecule has 0 saturated carbocycles. The summed E-state index contributed by atoms with van der Waals surface area (Å²) in [7, 11) is 1.71. The Morgan fingerprint density at radius 3 is 2.84 bits per heavy atom. The summed E-state index contributed by atoms with van der Waals surface area (Å²) >= 11 is 1.22. The Balaban J connectivity index is 2.14. The number of methoxy groups -OCH3 is 1. The molecule has 1 amide bonds. The van der Waals surface area contributed by atoms with Crippen molar-refractivity contribution in [3.05, 3.63) is 29.8 Å². The van der Waals surface area contributed by atoms with E-state index in [1.165, 1.54) is 11.8 Å². The maximum atomic E-state index is 13.1. The molecule has 0 aromatic heterocycles. The molecule has 0 spiro atoms. The number of benzene rings is 1. The van der Waals surface area contributed by atoms with Gasteiger partial charge in [0.05, 0.1) is 5.56 Å². The van der Waals surface area contributed by atoms with Crippen LogP contribution >= 0.6 is 11.8 Å². The number of nitrogens with zero attached hydrogens (tertiary/aromatic N) is 1. The van der Waals surface area contributed by atoms with Gasteiger partial charge in [-0.1, -0.05) is 18.6 Å². The number of hydrogen-bond acceptors (Lipinski definition) is 4. The zero-order valence-corrected chi connectivity index (χ0v) is 15.8. The average Bonchev–Trinajstić information content (AvgIpc) is 2.85. The van der Waals surface area contributed by atoms with Crippen LogP contribution in [0, 0.1) is 5.92 Å². The summed E-state index contributed by atoms with van der Waals surface area (Å²) < 4.78 is 5.19. The van der Waals surface area contributed by atoms with Gasteiger partial charge >= 0.3 is 5.97 Å². The van der Waals surface area contributed by atoms with Crippen molar-refractivity contribution in [1.82, 2.24) is 4.90 Å². The fourth-order valence-corrected chi connectivity index (χ4v) is 4.01. The number of amides is 1. The molecular weight excluding hydrogens is 338 g/mol. The van der Waals surface area contributed by atoms with E-state index in [9.17, 15) is 9.59 Å². The van der Waals surface area contributed by atoms with E-state index in [1.807, 2.05) is 23.1 Å². The lowest BCUT2D eigenvalue weighted by molar-refractivity contribution is -0.136. The lowest BCUT2D eigenvalue weighted by atomic mass is 10.00. The molecule has 1 N–H and O–H groups in total. The van der Waals surface area contributed by atoms with Gasteiger partial charge in [0.15, 0.2) is 0 Å². The highest BCUT2D eigenvalue weighted by Crippen LogP contribution is 2.29. The second-order valence-corrected chi connectivity index (χ2v) is 7.87. The molecule has 0 aliphatic carbocycles. The highest BCUT2D eigenvalue weighted by atomic mass is 32.2. The molecule has 1 aromatic rings. The van der Waals surface area contributed by atoms with Gasteiger partial charge < -0.3 is 14.7 Å². The normalized spacial score (nSPS) is 19.3. The van der Waals surface area contributed by atoms with Crippen LogP contribution in [0.3, 0.4) is 0 Å². The van der Waals surface area contributed by atoms with E-state index in [4.69, 9.17) is 9.84 Å². The van der Waals surface area contributed by atoms with Gasteiger partial charge in [0, 0.05) is 31.7 Å². The molecule has 1 aliphatic heterocycles. The van der Waals surface area contributed by atoms with Crippen molar-refractivity contribution in [3.8, 4) is 0 Å². The molecule has 6 heteroatoms. The maximum absolute atomic E-state index is 13.1. The summed E-state index contributed by atoms with van der Waals surface area (Å²) in [6.07, 6.45) is 4.23. The lowest BCUT2D eigenvalue weighted by Gasteiger charge is -2.25. The van der Waals surface area contributed by atoms with E-state index >= 15 is 0 Å². The molecule has 138 valence electrons. The zero-order chi connectivity index (χ0) is 18.2. The fourth-order valence-electron chi connectivity index (χ4n) is 3.09. The van der Waals surface area contributed by atoms with E-state index in [0.717, 1.165) is 50.3 Å². The number of thioether (sulfide) groups is 1. The monoisotopic (exact) mass is 365 g/mol. The van der Waals surface area contributed by atoms with Crippen LogP contribution in [0.2, 0.25) is 0 Å². The smallest absolute Gasteiger partial charge is 0.316 e. The van der Waals surface area contributed by atoms with Gasteiger partial charge in [-0.2, -0.15) is 0 Å². The molecule has 1 heterocycles. The summed E-state index contributed by atoms with van der Waals surface area (Å²) in [5, 5.41) is 8.56. The average molecular weight is 365 g/mol. The summed E-state index contributed by atoms with van der Waals surface area (Å²) in [6, 6.07) is 7.31. The van der Waals surface area contributed by atoms with Crippen LogP contribution in [-0.4, -0.2) is 53.9 Å². The van der Waals surface area contributed by atoms with E-state index in [2.05, 4.69) is 0 Å². The van der Waals surface area contributed by atoms with Crippen LogP contribution in [0.4, 0.5) is 0 Å².